The number of hydrogen-bond donors (Lipinski definition) is 3. The van der Waals surface area contributed by atoms with Gasteiger partial charge in [0.1, 0.15) is 24.2 Å². The van der Waals surface area contributed by atoms with E-state index in [9.17, 15) is 24.6 Å². The van der Waals surface area contributed by atoms with Crippen LogP contribution in [0.25, 0.3) is 0 Å². The molecule has 4 rings (SSSR count). The van der Waals surface area contributed by atoms with Gasteiger partial charge in [-0.3, -0.25) is 14.4 Å². The Balaban J connectivity index is 1.79. The van der Waals surface area contributed by atoms with Gasteiger partial charge < -0.3 is 34.6 Å². The molecule has 4 unspecified atom stereocenters. The highest BCUT2D eigenvalue weighted by molar-refractivity contribution is 5.97. The summed E-state index contributed by atoms with van der Waals surface area (Å²) in [5.41, 5.74) is 2.00. The fraction of sp³-hybridized carbons (Fsp3) is 0.387. The second-order valence-electron chi connectivity index (χ2n) is 9.81. The summed E-state index contributed by atoms with van der Waals surface area (Å²) in [5, 5.41) is 23.7. The first-order valence-electron chi connectivity index (χ1n) is 13.6. The Bertz CT molecular complexity index is 1340. The van der Waals surface area contributed by atoms with Gasteiger partial charge >= 0.3 is 0 Å². The van der Waals surface area contributed by atoms with E-state index in [1.54, 1.807) is 25.3 Å². The van der Waals surface area contributed by atoms with Crippen LogP contribution in [0, 0.1) is 0 Å². The van der Waals surface area contributed by atoms with Crippen LogP contribution in [0.15, 0.2) is 60.2 Å². The fourth-order valence-corrected chi connectivity index (χ4v) is 5.43. The summed E-state index contributed by atoms with van der Waals surface area (Å²) in [6, 6.07) is 9.72. The van der Waals surface area contributed by atoms with Gasteiger partial charge in [0.15, 0.2) is 11.5 Å². The van der Waals surface area contributed by atoms with Crippen LogP contribution in [0.3, 0.4) is 0 Å². The number of fused-ring (bicyclic) bond motifs is 3. The number of rotatable bonds is 12. The van der Waals surface area contributed by atoms with Gasteiger partial charge in [-0.25, -0.2) is 0 Å². The number of aliphatic hydroxyl groups is 2. The minimum atomic E-state index is -1.22. The van der Waals surface area contributed by atoms with E-state index in [1.165, 1.54) is 24.2 Å². The Morgan fingerprint density at radius 2 is 1.90 bits per heavy atom. The number of methoxy groups -OCH3 is 2. The molecule has 0 fully saturated rings. The lowest BCUT2D eigenvalue weighted by molar-refractivity contribution is -0.132. The van der Waals surface area contributed by atoms with Crippen LogP contribution in [-0.2, 0) is 16.0 Å². The molecule has 4 atom stereocenters. The van der Waals surface area contributed by atoms with E-state index in [4.69, 9.17) is 14.2 Å². The number of para-hydroxylation sites is 1. The summed E-state index contributed by atoms with van der Waals surface area (Å²) >= 11 is 0. The molecule has 1 aliphatic heterocycles. The molecule has 41 heavy (non-hydrogen) atoms. The van der Waals surface area contributed by atoms with Gasteiger partial charge in [0.05, 0.1) is 32.8 Å². The van der Waals surface area contributed by atoms with Crippen LogP contribution in [0.1, 0.15) is 40.7 Å². The molecule has 2 aromatic rings. The van der Waals surface area contributed by atoms with Crippen LogP contribution in [-0.4, -0.2) is 85.4 Å². The third-order valence-electron chi connectivity index (χ3n) is 7.36. The number of nitrogens with zero attached hydrogens (tertiary/aromatic N) is 1. The van der Waals surface area contributed by atoms with E-state index in [0.29, 0.717) is 47.5 Å². The highest BCUT2D eigenvalue weighted by Crippen LogP contribution is 2.51. The molecule has 10 heteroatoms. The van der Waals surface area contributed by atoms with Crippen LogP contribution < -0.4 is 19.5 Å². The van der Waals surface area contributed by atoms with Crippen molar-refractivity contribution in [3.63, 3.8) is 0 Å². The Labute approximate surface area is 239 Å². The Morgan fingerprint density at radius 3 is 2.59 bits per heavy atom. The summed E-state index contributed by atoms with van der Waals surface area (Å²) in [6.45, 7) is 1.89. The number of aldehydes is 1. The maximum absolute atomic E-state index is 13.5. The van der Waals surface area contributed by atoms with Crippen molar-refractivity contribution in [3.05, 3.63) is 76.9 Å². The molecule has 0 spiro atoms. The number of allylic oxidation sites excluding steroid dienone is 1. The first kappa shape index (κ1) is 29.8. The third kappa shape index (κ3) is 6.13. The molecule has 1 heterocycles. The Morgan fingerprint density at radius 1 is 1.15 bits per heavy atom. The summed E-state index contributed by atoms with van der Waals surface area (Å²) in [5.74, 6) is -0.230. The first-order valence-corrected chi connectivity index (χ1v) is 13.6. The molecule has 1 aliphatic carbocycles. The number of ether oxygens (including phenoxy) is 3. The zero-order valence-corrected chi connectivity index (χ0v) is 23.4. The number of amides is 2. The van der Waals surface area contributed by atoms with Crippen LogP contribution in [0.2, 0.25) is 0 Å². The molecule has 218 valence electrons. The van der Waals surface area contributed by atoms with Gasteiger partial charge in [-0.05, 0) is 48.8 Å². The van der Waals surface area contributed by atoms with Crippen molar-refractivity contribution in [2.45, 2.75) is 43.9 Å². The molecule has 0 bridgehead atoms. The van der Waals surface area contributed by atoms with Crippen molar-refractivity contribution in [2.24, 2.45) is 0 Å². The number of nitrogens with one attached hydrogen (secondary N) is 1. The molecule has 0 radical (unpaired) electrons. The van der Waals surface area contributed by atoms with Gasteiger partial charge in [-0.15, -0.1) is 0 Å². The monoisotopic (exact) mass is 564 g/mol. The number of aliphatic hydroxyl groups excluding tert-OH is 2. The van der Waals surface area contributed by atoms with Gasteiger partial charge in [0.2, 0.25) is 11.8 Å². The summed E-state index contributed by atoms with van der Waals surface area (Å²) in [6.07, 6.45) is 4.39. The van der Waals surface area contributed by atoms with Crippen molar-refractivity contribution in [1.82, 2.24) is 10.2 Å². The largest absolute Gasteiger partial charge is 0.496 e. The van der Waals surface area contributed by atoms with Crippen molar-refractivity contribution in [1.29, 1.82) is 0 Å². The zero-order valence-electron chi connectivity index (χ0n) is 23.4. The fourth-order valence-electron chi connectivity index (χ4n) is 5.43. The van der Waals surface area contributed by atoms with Gasteiger partial charge in [0, 0.05) is 29.8 Å². The first-order chi connectivity index (χ1) is 19.9. The quantitative estimate of drug-likeness (QED) is 0.264. The lowest BCUT2D eigenvalue weighted by atomic mass is 9.77. The molecule has 2 amide bonds. The van der Waals surface area contributed by atoms with E-state index in [0.717, 1.165) is 5.56 Å². The molecule has 3 N–H and O–H groups in total. The van der Waals surface area contributed by atoms with E-state index in [2.05, 4.69) is 5.32 Å². The molecule has 2 aromatic carbocycles. The maximum Gasteiger partial charge on any atom is 0.247 e. The van der Waals surface area contributed by atoms with Crippen LogP contribution in [0.4, 0.5) is 0 Å². The average molecular weight is 565 g/mol. The van der Waals surface area contributed by atoms with E-state index in [1.807, 2.05) is 31.2 Å². The normalized spacial score (nSPS) is 20.9. The molecular weight excluding hydrogens is 528 g/mol. The molecular formula is C31H36N2O8. The summed E-state index contributed by atoms with van der Waals surface area (Å²) < 4.78 is 17.2. The number of hydrogen-bond acceptors (Lipinski definition) is 8. The van der Waals surface area contributed by atoms with Crippen molar-refractivity contribution >= 4 is 18.1 Å². The number of benzene rings is 2. The maximum atomic E-state index is 13.5. The lowest BCUT2D eigenvalue weighted by Crippen LogP contribution is -2.56. The molecule has 0 aromatic heterocycles. The van der Waals surface area contributed by atoms with E-state index >= 15 is 0 Å². The molecule has 10 nitrogen and oxygen atoms in total. The smallest absolute Gasteiger partial charge is 0.247 e. The van der Waals surface area contributed by atoms with Crippen molar-refractivity contribution in [2.75, 3.05) is 33.9 Å². The van der Waals surface area contributed by atoms with E-state index in [-0.39, 0.29) is 31.2 Å². The van der Waals surface area contributed by atoms with Gasteiger partial charge in [-0.2, -0.15) is 0 Å². The van der Waals surface area contributed by atoms with E-state index < -0.39 is 30.1 Å². The highest BCUT2D eigenvalue weighted by atomic mass is 16.5. The lowest BCUT2D eigenvalue weighted by Gasteiger charge is -2.40. The minimum Gasteiger partial charge on any atom is -0.496 e. The highest BCUT2D eigenvalue weighted by Gasteiger charge is 2.51. The number of carbonyl (C=O) groups is 3. The predicted octanol–water partition coefficient (Wildman–Crippen LogP) is 2.18. The second-order valence-corrected chi connectivity index (χ2v) is 9.81. The van der Waals surface area contributed by atoms with Crippen molar-refractivity contribution < 1.29 is 38.8 Å². The van der Waals surface area contributed by atoms with Crippen LogP contribution in [0.5, 0.6) is 17.2 Å². The number of carbonyl (C=O) groups excluding carboxylic acids is 3. The Hall–Kier alpha value is -4.15. The zero-order chi connectivity index (χ0) is 29.5. The Kier molecular flexibility index (Phi) is 9.80. The summed E-state index contributed by atoms with van der Waals surface area (Å²) in [7, 11) is 3.02. The molecule has 0 saturated heterocycles. The molecule has 0 saturated carbocycles. The SMILES string of the molecule is CCC=CC(=O)N(CCc1ccccc1OC)C1C=C(C(=O)NCCO)C2c3cc(C=O)cc(OC)c3OC2C1O. The topological polar surface area (TPSA) is 135 Å². The van der Waals surface area contributed by atoms with Gasteiger partial charge in [0.25, 0.3) is 0 Å². The van der Waals surface area contributed by atoms with Crippen LogP contribution >= 0.6 is 0 Å². The molecule has 2 aliphatic rings. The standard InChI is InChI=1S/C31H36N2O8/c1-4-5-10-26(36)33(13-11-20-8-6-7-9-24(20)39-2)23-17-22(31(38)32-12-14-34)27-21-15-19(18-35)16-25(40-3)29(21)41-30(27)28(23)37/h5-10,15-18,23,27-28,30,34,37H,4,11-14H2,1-3H3,(H,32,38). The average Bonchev–Trinajstić information content (AvgIpc) is 3.39. The minimum absolute atomic E-state index is 0.0158. The van der Waals surface area contributed by atoms with Gasteiger partial charge in [-0.1, -0.05) is 31.2 Å². The summed E-state index contributed by atoms with van der Waals surface area (Å²) in [4.78, 5) is 40.1. The predicted molar refractivity (Wildman–Crippen MR) is 151 cm³/mol. The second kappa shape index (κ2) is 13.5. The third-order valence-corrected chi connectivity index (χ3v) is 7.36. The van der Waals surface area contributed by atoms with Crippen molar-refractivity contribution in [3.8, 4) is 17.2 Å².